The summed E-state index contributed by atoms with van der Waals surface area (Å²) in [5, 5.41) is 12.6. The second-order valence-corrected chi connectivity index (χ2v) is 5.31. The van der Waals surface area contributed by atoms with Gasteiger partial charge in [0.1, 0.15) is 0 Å². The number of nitrogens with two attached hydrogens (primary N) is 1. The van der Waals surface area contributed by atoms with E-state index in [9.17, 15) is 9.90 Å². The molecule has 1 unspecified atom stereocenters. The number of carbonyl (C=O) groups excluding carboxylic acids is 1. The van der Waals surface area contributed by atoms with Crippen LogP contribution in [0.15, 0.2) is 0 Å². The van der Waals surface area contributed by atoms with Gasteiger partial charge in [-0.2, -0.15) is 0 Å². The fourth-order valence-electron chi connectivity index (χ4n) is 2.61. The topological polar surface area (TPSA) is 75.4 Å². The van der Waals surface area contributed by atoms with Crippen molar-refractivity contribution in [2.45, 2.75) is 44.6 Å². The molecule has 2 aliphatic rings. The first kappa shape index (κ1) is 11.9. The Bertz CT molecular complexity index is 258. The third-order valence-electron chi connectivity index (χ3n) is 4.07. The maximum absolute atomic E-state index is 12.0. The van der Waals surface area contributed by atoms with Crippen molar-refractivity contribution in [3.8, 4) is 0 Å². The van der Waals surface area contributed by atoms with Crippen LogP contribution in [0.25, 0.3) is 0 Å². The van der Waals surface area contributed by atoms with Gasteiger partial charge in [0.2, 0.25) is 5.91 Å². The molecule has 0 aromatic rings. The number of aliphatic hydroxyl groups excluding tert-OH is 1. The van der Waals surface area contributed by atoms with E-state index >= 15 is 0 Å². The van der Waals surface area contributed by atoms with Crippen LogP contribution in [-0.2, 0) is 4.79 Å². The maximum atomic E-state index is 12.0. The number of rotatable bonds is 5. The van der Waals surface area contributed by atoms with Crippen molar-refractivity contribution in [1.29, 1.82) is 0 Å². The average molecular weight is 226 g/mol. The first-order valence-electron chi connectivity index (χ1n) is 6.34. The molecule has 0 aromatic heterocycles. The first-order valence-corrected chi connectivity index (χ1v) is 6.34. The Hall–Kier alpha value is -0.610. The molecule has 1 atom stereocenters. The molecule has 4 N–H and O–H groups in total. The summed E-state index contributed by atoms with van der Waals surface area (Å²) < 4.78 is 0. The van der Waals surface area contributed by atoms with Gasteiger partial charge in [-0.3, -0.25) is 4.79 Å². The zero-order valence-electron chi connectivity index (χ0n) is 9.74. The van der Waals surface area contributed by atoms with E-state index in [0.717, 1.165) is 38.5 Å². The summed E-state index contributed by atoms with van der Waals surface area (Å²) in [5.74, 6) is 0.463. The van der Waals surface area contributed by atoms with Crippen molar-refractivity contribution < 1.29 is 9.90 Å². The van der Waals surface area contributed by atoms with Crippen molar-refractivity contribution in [2.24, 2.45) is 17.1 Å². The van der Waals surface area contributed by atoms with Crippen LogP contribution in [-0.4, -0.2) is 30.2 Å². The zero-order valence-corrected chi connectivity index (χ0v) is 9.74. The summed E-state index contributed by atoms with van der Waals surface area (Å²) in [6.07, 6.45) is 5.81. The van der Waals surface area contributed by atoms with Gasteiger partial charge < -0.3 is 16.2 Å². The number of carbonyl (C=O) groups is 1. The average Bonchev–Trinajstić information content (AvgIpc) is 3.04. The van der Waals surface area contributed by atoms with E-state index < -0.39 is 0 Å². The lowest BCUT2D eigenvalue weighted by Crippen LogP contribution is -2.46. The highest BCUT2D eigenvalue weighted by Crippen LogP contribution is 2.37. The predicted octanol–water partition coefficient (Wildman–Crippen LogP) is 0.393. The standard InChI is InChI=1S/C12H22N2O2/c13-8-12(5-1-2-6-12)11(16)14-7-10(15)9-3-4-9/h9-10,15H,1-8,13H2,(H,14,16). The van der Waals surface area contributed by atoms with Crippen molar-refractivity contribution in [2.75, 3.05) is 13.1 Å². The lowest BCUT2D eigenvalue weighted by molar-refractivity contribution is -0.130. The molecule has 0 aromatic carbocycles. The minimum Gasteiger partial charge on any atom is -0.391 e. The third-order valence-corrected chi connectivity index (χ3v) is 4.07. The van der Waals surface area contributed by atoms with Gasteiger partial charge in [-0.05, 0) is 31.6 Å². The van der Waals surface area contributed by atoms with Crippen LogP contribution in [0.3, 0.4) is 0 Å². The van der Waals surface area contributed by atoms with Crippen LogP contribution >= 0.6 is 0 Å². The second-order valence-electron chi connectivity index (χ2n) is 5.31. The van der Waals surface area contributed by atoms with Gasteiger partial charge in [-0.15, -0.1) is 0 Å². The van der Waals surface area contributed by atoms with Crippen LogP contribution in [0.2, 0.25) is 0 Å². The smallest absolute Gasteiger partial charge is 0.227 e. The van der Waals surface area contributed by atoms with Gasteiger partial charge in [0.15, 0.2) is 0 Å². The molecule has 0 radical (unpaired) electrons. The second kappa shape index (κ2) is 4.72. The Morgan fingerprint density at radius 1 is 1.44 bits per heavy atom. The molecule has 0 aliphatic heterocycles. The summed E-state index contributed by atoms with van der Waals surface area (Å²) in [5.41, 5.74) is 5.38. The normalized spacial score (nSPS) is 25.4. The lowest BCUT2D eigenvalue weighted by Gasteiger charge is -2.26. The van der Waals surface area contributed by atoms with Gasteiger partial charge in [0.05, 0.1) is 11.5 Å². The van der Waals surface area contributed by atoms with Gasteiger partial charge in [-0.25, -0.2) is 0 Å². The predicted molar refractivity (Wildman–Crippen MR) is 61.7 cm³/mol. The fraction of sp³-hybridized carbons (Fsp3) is 0.917. The van der Waals surface area contributed by atoms with E-state index in [0.29, 0.717) is 19.0 Å². The summed E-state index contributed by atoms with van der Waals surface area (Å²) in [6.45, 7) is 0.823. The minimum atomic E-state index is -0.361. The molecule has 2 fully saturated rings. The SMILES string of the molecule is NCC1(C(=O)NCC(O)C2CC2)CCCC1. The van der Waals surface area contributed by atoms with E-state index in [2.05, 4.69) is 5.32 Å². The molecule has 2 saturated carbocycles. The summed E-state index contributed by atoms with van der Waals surface area (Å²) in [4.78, 5) is 12.0. The summed E-state index contributed by atoms with van der Waals surface area (Å²) in [7, 11) is 0. The van der Waals surface area contributed by atoms with E-state index in [1.54, 1.807) is 0 Å². The van der Waals surface area contributed by atoms with Crippen molar-refractivity contribution in [3.05, 3.63) is 0 Å². The molecule has 2 rings (SSSR count). The highest BCUT2D eigenvalue weighted by molar-refractivity contribution is 5.83. The van der Waals surface area contributed by atoms with E-state index in [4.69, 9.17) is 5.73 Å². The van der Waals surface area contributed by atoms with Gasteiger partial charge in [0, 0.05) is 13.1 Å². The number of nitrogens with one attached hydrogen (secondary N) is 1. The monoisotopic (exact) mass is 226 g/mol. The van der Waals surface area contributed by atoms with Crippen LogP contribution < -0.4 is 11.1 Å². The first-order chi connectivity index (χ1) is 7.68. The molecule has 4 heteroatoms. The number of hydrogen-bond acceptors (Lipinski definition) is 3. The molecule has 16 heavy (non-hydrogen) atoms. The van der Waals surface area contributed by atoms with Gasteiger partial charge in [-0.1, -0.05) is 12.8 Å². The van der Waals surface area contributed by atoms with Crippen LogP contribution in [0.4, 0.5) is 0 Å². The van der Waals surface area contributed by atoms with Crippen LogP contribution in [0, 0.1) is 11.3 Å². The third kappa shape index (κ3) is 2.38. The van der Waals surface area contributed by atoms with Gasteiger partial charge >= 0.3 is 0 Å². The fourth-order valence-corrected chi connectivity index (χ4v) is 2.61. The molecule has 2 aliphatic carbocycles. The van der Waals surface area contributed by atoms with Crippen molar-refractivity contribution in [3.63, 3.8) is 0 Å². The van der Waals surface area contributed by atoms with E-state index in [1.807, 2.05) is 0 Å². The number of aliphatic hydroxyl groups is 1. The molecule has 0 bridgehead atoms. The molecular formula is C12H22N2O2. The van der Waals surface area contributed by atoms with Gasteiger partial charge in [0.25, 0.3) is 0 Å². The Kier molecular flexibility index (Phi) is 3.50. The molecule has 92 valence electrons. The molecule has 0 spiro atoms. The maximum Gasteiger partial charge on any atom is 0.227 e. The van der Waals surface area contributed by atoms with E-state index in [-0.39, 0.29) is 17.4 Å². The van der Waals surface area contributed by atoms with E-state index in [1.165, 1.54) is 0 Å². The molecular weight excluding hydrogens is 204 g/mol. The number of hydrogen-bond donors (Lipinski definition) is 3. The quantitative estimate of drug-likeness (QED) is 0.635. The largest absolute Gasteiger partial charge is 0.391 e. The zero-order chi connectivity index (χ0) is 11.6. The Labute approximate surface area is 96.6 Å². The highest BCUT2D eigenvalue weighted by Gasteiger charge is 2.40. The highest BCUT2D eigenvalue weighted by atomic mass is 16.3. The number of amides is 1. The summed E-state index contributed by atoms with van der Waals surface area (Å²) in [6, 6.07) is 0. The molecule has 1 amide bonds. The molecule has 0 saturated heterocycles. The van der Waals surface area contributed by atoms with Crippen LogP contribution in [0.5, 0.6) is 0 Å². The molecule has 4 nitrogen and oxygen atoms in total. The summed E-state index contributed by atoms with van der Waals surface area (Å²) >= 11 is 0. The Morgan fingerprint density at radius 2 is 2.06 bits per heavy atom. The molecule has 0 heterocycles. The van der Waals surface area contributed by atoms with Crippen molar-refractivity contribution >= 4 is 5.91 Å². The minimum absolute atomic E-state index is 0.0483. The lowest BCUT2D eigenvalue weighted by atomic mass is 9.85. The van der Waals surface area contributed by atoms with Crippen LogP contribution in [0.1, 0.15) is 38.5 Å². The Balaban J connectivity index is 1.81. The Morgan fingerprint density at radius 3 is 2.56 bits per heavy atom. The van der Waals surface area contributed by atoms with Crippen molar-refractivity contribution in [1.82, 2.24) is 5.32 Å².